The molecule has 1 amide bonds. The van der Waals surface area contributed by atoms with E-state index in [0.717, 1.165) is 32.6 Å². The van der Waals surface area contributed by atoms with Gasteiger partial charge in [-0.3, -0.25) is 9.69 Å². The molecule has 0 unspecified atom stereocenters. The van der Waals surface area contributed by atoms with E-state index in [1.807, 2.05) is 18.2 Å². The van der Waals surface area contributed by atoms with Crippen molar-refractivity contribution in [3.05, 3.63) is 35.9 Å². The molecule has 1 saturated heterocycles. The van der Waals surface area contributed by atoms with E-state index in [4.69, 9.17) is 0 Å². The molecule has 1 N–H and O–H groups in total. The fourth-order valence-electron chi connectivity index (χ4n) is 4.68. The van der Waals surface area contributed by atoms with Crippen LogP contribution in [0.4, 0.5) is 13.2 Å². The molecule has 0 aromatic heterocycles. The molecule has 3 rings (SSSR count). The summed E-state index contributed by atoms with van der Waals surface area (Å²) in [5.74, 6) is -2.84. The number of nitrogens with one attached hydrogen (secondary N) is 1. The van der Waals surface area contributed by atoms with Crippen molar-refractivity contribution in [2.24, 2.45) is 11.8 Å². The SMILES string of the molecule is CN1CCN(CCCNC(=O)[C@@H]2CCCC[C@H]2C(F)(F)F)[C@@H](c2ccccc2)C1. The van der Waals surface area contributed by atoms with Crippen LogP contribution < -0.4 is 5.32 Å². The van der Waals surface area contributed by atoms with Crippen LogP contribution in [0.1, 0.15) is 43.7 Å². The molecule has 7 heteroatoms. The molecular weight excluding hydrogens is 379 g/mol. The minimum atomic E-state index is -4.29. The van der Waals surface area contributed by atoms with Crippen molar-refractivity contribution in [1.82, 2.24) is 15.1 Å². The van der Waals surface area contributed by atoms with Crippen LogP contribution in [0.2, 0.25) is 0 Å². The number of carbonyl (C=O) groups is 1. The zero-order valence-electron chi connectivity index (χ0n) is 17.1. The summed E-state index contributed by atoms with van der Waals surface area (Å²) in [4.78, 5) is 17.1. The number of alkyl halides is 3. The Morgan fingerprint density at radius 1 is 1.14 bits per heavy atom. The Morgan fingerprint density at radius 2 is 1.86 bits per heavy atom. The highest BCUT2D eigenvalue weighted by Crippen LogP contribution is 2.41. The standard InChI is InChI=1S/C22H32F3N3O/c1-27-14-15-28(20(16-27)17-8-3-2-4-9-17)13-7-12-26-21(29)18-10-5-6-11-19(18)22(23,24)25/h2-4,8-9,18-20H,5-7,10-16H2,1H3,(H,26,29)/t18-,19-,20-/m1/s1. The highest BCUT2D eigenvalue weighted by atomic mass is 19.4. The Balaban J connectivity index is 1.49. The van der Waals surface area contributed by atoms with E-state index in [9.17, 15) is 18.0 Å². The number of hydrogen-bond acceptors (Lipinski definition) is 3. The van der Waals surface area contributed by atoms with Crippen LogP contribution in [0.15, 0.2) is 30.3 Å². The highest BCUT2D eigenvalue weighted by molar-refractivity contribution is 5.79. The third kappa shape index (κ3) is 5.95. The third-order valence-electron chi connectivity index (χ3n) is 6.32. The van der Waals surface area contributed by atoms with Gasteiger partial charge < -0.3 is 10.2 Å². The average molecular weight is 412 g/mol. The van der Waals surface area contributed by atoms with Gasteiger partial charge in [0.25, 0.3) is 0 Å². The molecule has 29 heavy (non-hydrogen) atoms. The molecule has 4 nitrogen and oxygen atoms in total. The van der Waals surface area contributed by atoms with Crippen LogP contribution in [-0.4, -0.2) is 61.7 Å². The van der Waals surface area contributed by atoms with E-state index in [1.54, 1.807) is 0 Å². The molecule has 0 bridgehead atoms. The Kier molecular flexibility index (Phi) is 7.57. The van der Waals surface area contributed by atoms with E-state index >= 15 is 0 Å². The largest absolute Gasteiger partial charge is 0.392 e. The molecule has 1 aliphatic heterocycles. The predicted octanol–water partition coefficient (Wildman–Crippen LogP) is 3.85. The highest BCUT2D eigenvalue weighted by Gasteiger charge is 2.47. The van der Waals surface area contributed by atoms with Crippen LogP contribution in [-0.2, 0) is 4.79 Å². The summed E-state index contributed by atoms with van der Waals surface area (Å²) in [7, 11) is 2.12. The Hall–Kier alpha value is -1.60. The quantitative estimate of drug-likeness (QED) is 0.723. The van der Waals surface area contributed by atoms with Gasteiger partial charge in [-0.25, -0.2) is 0 Å². The fourth-order valence-corrected chi connectivity index (χ4v) is 4.68. The number of rotatable bonds is 6. The van der Waals surface area contributed by atoms with Gasteiger partial charge in [0.1, 0.15) is 0 Å². The first kappa shape index (κ1) is 22.1. The summed E-state index contributed by atoms with van der Waals surface area (Å²) in [5, 5.41) is 2.78. The lowest BCUT2D eigenvalue weighted by atomic mass is 9.78. The molecule has 2 aliphatic rings. The van der Waals surface area contributed by atoms with Gasteiger partial charge in [0.15, 0.2) is 0 Å². The normalized spacial score (nSPS) is 27.0. The van der Waals surface area contributed by atoms with Gasteiger partial charge in [0.2, 0.25) is 5.91 Å². The second-order valence-electron chi connectivity index (χ2n) is 8.41. The van der Waals surface area contributed by atoms with Crippen molar-refractivity contribution in [3.8, 4) is 0 Å². The molecule has 1 aromatic rings. The smallest absolute Gasteiger partial charge is 0.356 e. The van der Waals surface area contributed by atoms with E-state index < -0.39 is 23.9 Å². The van der Waals surface area contributed by atoms with Crippen molar-refractivity contribution in [1.29, 1.82) is 0 Å². The molecular formula is C22H32F3N3O. The van der Waals surface area contributed by atoms with Crippen molar-refractivity contribution < 1.29 is 18.0 Å². The molecule has 1 aromatic carbocycles. The minimum absolute atomic E-state index is 0.0711. The van der Waals surface area contributed by atoms with Crippen LogP contribution in [0.3, 0.4) is 0 Å². The predicted molar refractivity (Wildman–Crippen MR) is 107 cm³/mol. The summed E-state index contributed by atoms with van der Waals surface area (Å²) in [6.07, 6.45) is -1.89. The topological polar surface area (TPSA) is 35.6 Å². The van der Waals surface area contributed by atoms with Gasteiger partial charge in [-0.2, -0.15) is 13.2 Å². The maximum absolute atomic E-state index is 13.2. The Bertz CT molecular complexity index is 652. The number of likely N-dealkylation sites (N-methyl/N-ethyl adjacent to an activating group) is 1. The first-order valence-corrected chi connectivity index (χ1v) is 10.7. The molecule has 3 atom stereocenters. The lowest BCUT2D eigenvalue weighted by molar-refractivity contribution is -0.198. The second-order valence-corrected chi connectivity index (χ2v) is 8.41. The molecule has 162 valence electrons. The van der Waals surface area contributed by atoms with Crippen LogP contribution in [0.5, 0.6) is 0 Å². The van der Waals surface area contributed by atoms with Crippen molar-refractivity contribution >= 4 is 5.91 Å². The molecule has 1 saturated carbocycles. The average Bonchev–Trinajstić information content (AvgIpc) is 2.72. The van der Waals surface area contributed by atoms with Gasteiger partial charge in [-0.05, 0) is 31.9 Å². The summed E-state index contributed by atoms with van der Waals surface area (Å²) < 4.78 is 39.7. The number of nitrogens with zero attached hydrogens (tertiary/aromatic N) is 2. The maximum atomic E-state index is 13.2. The van der Waals surface area contributed by atoms with Gasteiger partial charge in [0, 0.05) is 44.7 Å². The van der Waals surface area contributed by atoms with Crippen molar-refractivity contribution in [3.63, 3.8) is 0 Å². The summed E-state index contributed by atoms with van der Waals surface area (Å²) >= 11 is 0. The van der Waals surface area contributed by atoms with E-state index in [-0.39, 0.29) is 6.42 Å². The summed E-state index contributed by atoms with van der Waals surface area (Å²) in [6, 6.07) is 10.7. The lowest BCUT2D eigenvalue weighted by Gasteiger charge is -2.40. The number of hydrogen-bond donors (Lipinski definition) is 1. The van der Waals surface area contributed by atoms with Crippen molar-refractivity contribution in [2.45, 2.75) is 44.3 Å². The maximum Gasteiger partial charge on any atom is 0.392 e. The Labute approximate surface area is 171 Å². The molecule has 1 heterocycles. The van der Waals surface area contributed by atoms with Gasteiger partial charge in [-0.15, -0.1) is 0 Å². The number of halogens is 3. The second kappa shape index (κ2) is 9.94. The fraction of sp³-hybridized carbons (Fsp3) is 0.682. The Morgan fingerprint density at radius 3 is 2.59 bits per heavy atom. The molecule has 0 radical (unpaired) electrons. The van der Waals surface area contributed by atoms with Crippen LogP contribution in [0.25, 0.3) is 0 Å². The number of benzene rings is 1. The first-order valence-electron chi connectivity index (χ1n) is 10.7. The van der Waals surface area contributed by atoms with E-state index in [0.29, 0.717) is 31.8 Å². The summed E-state index contributed by atoms with van der Waals surface area (Å²) in [5.41, 5.74) is 1.28. The first-order chi connectivity index (χ1) is 13.9. The van der Waals surface area contributed by atoms with E-state index in [1.165, 1.54) is 5.56 Å². The lowest BCUT2D eigenvalue weighted by Crippen LogP contribution is -2.47. The van der Waals surface area contributed by atoms with Crippen LogP contribution in [0, 0.1) is 11.8 Å². The van der Waals surface area contributed by atoms with Crippen molar-refractivity contribution in [2.75, 3.05) is 39.8 Å². The molecule has 0 spiro atoms. The monoisotopic (exact) mass is 411 g/mol. The zero-order chi connectivity index (χ0) is 20.9. The minimum Gasteiger partial charge on any atom is -0.356 e. The number of carbonyl (C=O) groups excluding carboxylic acids is 1. The number of amides is 1. The third-order valence-corrected chi connectivity index (χ3v) is 6.32. The zero-order valence-corrected chi connectivity index (χ0v) is 17.1. The van der Waals surface area contributed by atoms with Gasteiger partial charge in [-0.1, -0.05) is 43.2 Å². The summed E-state index contributed by atoms with van der Waals surface area (Å²) in [6.45, 7) is 4.13. The van der Waals surface area contributed by atoms with Crippen LogP contribution >= 0.6 is 0 Å². The van der Waals surface area contributed by atoms with Gasteiger partial charge >= 0.3 is 6.18 Å². The number of piperazine rings is 1. The van der Waals surface area contributed by atoms with Gasteiger partial charge in [0.05, 0.1) is 5.92 Å². The molecule has 1 aliphatic carbocycles. The van der Waals surface area contributed by atoms with E-state index in [2.05, 4.69) is 34.3 Å². The molecule has 2 fully saturated rings.